The quantitative estimate of drug-likeness (QED) is 0.120. The van der Waals surface area contributed by atoms with Crippen molar-refractivity contribution in [1.82, 2.24) is 24.1 Å². The zero-order chi connectivity index (χ0) is 65.6. The number of hydrogen-bond donors (Lipinski definition) is 0. The Hall–Kier alpha value is -13.8. The van der Waals surface area contributed by atoms with Crippen LogP contribution in [0.5, 0.6) is 0 Å². The van der Waals surface area contributed by atoms with Gasteiger partial charge in [-0.3, -0.25) is 0 Å². The highest BCUT2D eigenvalue weighted by molar-refractivity contribution is 6.14. The first-order valence-corrected chi connectivity index (χ1v) is 32.5. The van der Waals surface area contributed by atoms with Gasteiger partial charge in [0.25, 0.3) is 0 Å². The van der Waals surface area contributed by atoms with Crippen molar-refractivity contribution in [3.8, 4) is 142 Å². The molecule has 0 spiro atoms. The predicted octanol–water partition coefficient (Wildman–Crippen LogP) is 22.4. The van der Waals surface area contributed by atoms with Crippen molar-refractivity contribution in [3.63, 3.8) is 0 Å². The number of nitriles is 3. The summed E-state index contributed by atoms with van der Waals surface area (Å²) < 4.78 is 4.70. The molecule has 0 bridgehead atoms. The van der Waals surface area contributed by atoms with Crippen LogP contribution in [0.3, 0.4) is 0 Å². The van der Waals surface area contributed by atoms with Crippen molar-refractivity contribution in [2.75, 3.05) is 0 Å². The monoisotopic (exact) mass is 1250 g/mol. The van der Waals surface area contributed by atoms with Crippen LogP contribution in [-0.2, 0) is 0 Å². The summed E-state index contributed by atoms with van der Waals surface area (Å²) in [7, 11) is 0. The van der Waals surface area contributed by atoms with Crippen LogP contribution in [-0.4, -0.2) is 24.1 Å². The highest BCUT2D eigenvalue weighted by Crippen LogP contribution is 2.45. The standard InChI is InChI=1S/C90H54N8/c91-55-58-25-31-65(32-26-58)72-41-47-86(97-82-43-37-68(61-15-5-1-6-16-61)49-76(82)77-50-69(38-44-83(77)97)62-17-7-2-8-18-62)80(53-72)89-94-88(75-24-14-13-23-74(75)67-35-29-60(57-93)30-36-67)95-90(96-89)81-54-73(66-33-27-59(56-92)28-34-66)42-48-87(81)98-84-45-39-70(63-19-9-3-10-20-63)51-78(84)79-52-71(40-46-85(79)98)64-21-11-4-12-22-64/h1-54H. The third kappa shape index (κ3) is 10.5. The van der Waals surface area contributed by atoms with Gasteiger partial charge >= 0.3 is 0 Å². The largest absolute Gasteiger partial charge is 0.308 e. The summed E-state index contributed by atoms with van der Waals surface area (Å²) in [5.74, 6) is 1.26. The van der Waals surface area contributed by atoms with Crippen molar-refractivity contribution in [3.05, 3.63) is 344 Å². The molecule has 8 heteroatoms. The normalized spacial score (nSPS) is 11.2. The van der Waals surface area contributed by atoms with Crippen molar-refractivity contribution >= 4 is 43.6 Å². The lowest BCUT2D eigenvalue weighted by atomic mass is 9.97. The maximum Gasteiger partial charge on any atom is 0.166 e. The third-order valence-electron chi connectivity index (χ3n) is 18.7. The first-order chi connectivity index (χ1) is 48.4. The van der Waals surface area contributed by atoms with Crippen LogP contribution >= 0.6 is 0 Å². The molecule has 0 aliphatic heterocycles. The van der Waals surface area contributed by atoms with E-state index in [1.54, 1.807) is 0 Å². The van der Waals surface area contributed by atoms with Gasteiger partial charge in [-0.25, -0.2) is 15.0 Å². The van der Waals surface area contributed by atoms with Gasteiger partial charge in [-0.15, -0.1) is 0 Å². The second-order valence-corrected chi connectivity index (χ2v) is 24.4. The summed E-state index contributed by atoms with van der Waals surface area (Å²) in [5, 5.41) is 34.4. The molecule has 0 aliphatic carbocycles. The van der Waals surface area contributed by atoms with Crippen LogP contribution in [0.1, 0.15) is 16.7 Å². The third-order valence-corrected chi connectivity index (χ3v) is 18.7. The van der Waals surface area contributed by atoms with E-state index < -0.39 is 0 Å². The highest BCUT2D eigenvalue weighted by Gasteiger charge is 2.26. The number of rotatable bonds is 12. The molecule has 17 rings (SSSR count). The van der Waals surface area contributed by atoms with Gasteiger partial charge in [0.15, 0.2) is 17.5 Å². The van der Waals surface area contributed by atoms with Gasteiger partial charge in [-0.05, 0) is 187 Å². The SMILES string of the molecule is N#Cc1ccc(-c2ccc(-n3c4ccc(-c5ccccc5)cc4c4cc(-c5ccccc5)ccc43)c(-c3nc(-c4ccccc4-c4ccc(C#N)cc4)nc(-c4cc(-c5ccc(C#N)cc5)ccc4-n4c5ccc(-c6ccccc6)cc5c5cc(-c6ccccc6)ccc54)n3)c2)cc1. The fourth-order valence-corrected chi connectivity index (χ4v) is 13.9. The minimum atomic E-state index is 0.416. The Kier molecular flexibility index (Phi) is 14.5. The molecule has 8 nitrogen and oxygen atoms in total. The van der Waals surface area contributed by atoms with Crippen molar-refractivity contribution < 1.29 is 0 Å². The molecular weight excluding hydrogens is 1190 g/mol. The molecule has 454 valence electrons. The zero-order valence-corrected chi connectivity index (χ0v) is 52.8. The van der Waals surface area contributed by atoms with E-state index in [4.69, 9.17) is 15.0 Å². The van der Waals surface area contributed by atoms with Crippen molar-refractivity contribution in [1.29, 1.82) is 15.8 Å². The highest BCUT2D eigenvalue weighted by atomic mass is 15.1. The first-order valence-electron chi connectivity index (χ1n) is 32.5. The van der Waals surface area contributed by atoms with Crippen LogP contribution in [0, 0.1) is 34.0 Å². The summed E-state index contributed by atoms with van der Waals surface area (Å²) in [5.41, 5.74) is 23.8. The lowest BCUT2D eigenvalue weighted by Crippen LogP contribution is -2.06. The van der Waals surface area contributed by atoms with E-state index in [0.717, 1.165) is 150 Å². The molecule has 0 radical (unpaired) electrons. The number of aromatic nitrogens is 5. The maximum atomic E-state index is 10.0. The molecule has 0 aliphatic rings. The average Bonchev–Trinajstić information content (AvgIpc) is 1.55. The van der Waals surface area contributed by atoms with Crippen LogP contribution in [0.15, 0.2) is 328 Å². The Morgan fingerprint density at radius 2 is 0.449 bits per heavy atom. The molecule has 0 saturated heterocycles. The lowest BCUT2D eigenvalue weighted by Gasteiger charge is -2.19. The molecule has 0 atom stereocenters. The molecule has 3 aromatic heterocycles. The lowest BCUT2D eigenvalue weighted by molar-refractivity contribution is 1.06. The number of benzene rings is 14. The van der Waals surface area contributed by atoms with Crippen LogP contribution in [0.25, 0.3) is 167 Å². The van der Waals surface area contributed by atoms with Gasteiger partial charge in [0.1, 0.15) is 0 Å². The fourth-order valence-electron chi connectivity index (χ4n) is 13.9. The molecular formula is C90H54N8. The number of hydrogen-bond acceptors (Lipinski definition) is 6. The maximum absolute atomic E-state index is 10.0. The summed E-state index contributed by atoms with van der Waals surface area (Å²) in [6, 6.07) is 120. The smallest absolute Gasteiger partial charge is 0.166 e. The van der Waals surface area contributed by atoms with Gasteiger partial charge in [-0.2, -0.15) is 15.8 Å². The zero-order valence-electron chi connectivity index (χ0n) is 52.8. The molecule has 0 N–H and O–H groups in total. The molecule has 98 heavy (non-hydrogen) atoms. The number of nitrogens with zero attached hydrogens (tertiary/aromatic N) is 8. The molecule has 0 saturated carbocycles. The van der Waals surface area contributed by atoms with E-state index in [-0.39, 0.29) is 0 Å². The van der Waals surface area contributed by atoms with Gasteiger partial charge < -0.3 is 9.13 Å². The van der Waals surface area contributed by atoms with E-state index >= 15 is 0 Å². The summed E-state index contributed by atoms with van der Waals surface area (Å²) >= 11 is 0. The summed E-state index contributed by atoms with van der Waals surface area (Å²) in [6.45, 7) is 0. The predicted molar refractivity (Wildman–Crippen MR) is 397 cm³/mol. The van der Waals surface area contributed by atoms with E-state index in [9.17, 15) is 15.8 Å². The van der Waals surface area contributed by atoms with Gasteiger partial charge in [0.2, 0.25) is 0 Å². The topological polar surface area (TPSA) is 120 Å². The fraction of sp³-hybridized carbons (Fsp3) is 0. The van der Waals surface area contributed by atoms with Gasteiger partial charge in [0, 0.05) is 38.2 Å². The molecule has 14 aromatic carbocycles. The Labute approximate surface area is 566 Å². The van der Waals surface area contributed by atoms with E-state index in [0.29, 0.717) is 34.2 Å². The first kappa shape index (κ1) is 58.0. The second-order valence-electron chi connectivity index (χ2n) is 24.4. The molecule has 17 aromatic rings. The van der Waals surface area contributed by atoms with Crippen LogP contribution < -0.4 is 0 Å². The van der Waals surface area contributed by atoms with Crippen LogP contribution in [0.2, 0.25) is 0 Å². The molecule has 0 amide bonds. The van der Waals surface area contributed by atoms with E-state index in [2.05, 4.69) is 246 Å². The van der Waals surface area contributed by atoms with E-state index in [1.165, 1.54) is 0 Å². The Morgan fingerprint density at radius 3 is 0.765 bits per heavy atom. The summed E-state index contributed by atoms with van der Waals surface area (Å²) in [4.78, 5) is 17.3. The Morgan fingerprint density at radius 1 is 0.204 bits per heavy atom. The molecule has 0 fully saturated rings. The minimum Gasteiger partial charge on any atom is -0.308 e. The molecule has 3 heterocycles. The van der Waals surface area contributed by atoms with E-state index in [1.807, 2.05) is 109 Å². The Balaban J connectivity index is 0.977. The summed E-state index contributed by atoms with van der Waals surface area (Å²) in [6.07, 6.45) is 0. The van der Waals surface area contributed by atoms with Crippen molar-refractivity contribution in [2.45, 2.75) is 0 Å². The second kappa shape index (κ2) is 24.6. The van der Waals surface area contributed by atoms with Gasteiger partial charge in [-0.1, -0.05) is 218 Å². The van der Waals surface area contributed by atoms with Crippen LogP contribution in [0.4, 0.5) is 0 Å². The number of fused-ring (bicyclic) bond motifs is 6. The Bertz CT molecular complexity index is 5580. The minimum absolute atomic E-state index is 0.416. The molecule has 0 unspecified atom stereocenters. The van der Waals surface area contributed by atoms with Crippen molar-refractivity contribution in [2.24, 2.45) is 0 Å². The van der Waals surface area contributed by atoms with Gasteiger partial charge in [0.05, 0.1) is 68.3 Å². The average molecular weight is 1250 g/mol.